The maximum Gasteiger partial charge on any atom is 0.416 e. The minimum absolute atomic E-state index is 0.0457. The molecule has 160 valence electrons. The van der Waals surface area contributed by atoms with Gasteiger partial charge in [0.05, 0.1) is 10.5 Å². The quantitative estimate of drug-likeness (QED) is 0.614. The first-order chi connectivity index (χ1) is 14.2. The lowest BCUT2D eigenvalue weighted by Crippen LogP contribution is -2.38. The summed E-state index contributed by atoms with van der Waals surface area (Å²) in [7, 11) is -4.14. The Morgan fingerprint density at radius 2 is 1.87 bits per heavy atom. The van der Waals surface area contributed by atoms with Crippen LogP contribution in [0.5, 0.6) is 0 Å². The lowest BCUT2D eigenvalue weighted by atomic mass is 9.91. The fourth-order valence-electron chi connectivity index (χ4n) is 3.74. The summed E-state index contributed by atoms with van der Waals surface area (Å²) in [5.74, 6) is 0. The van der Waals surface area contributed by atoms with Gasteiger partial charge in [-0.25, -0.2) is 13.1 Å². The van der Waals surface area contributed by atoms with Crippen LogP contribution in [0.4, 0.5) is 13.2 Å². The van der Waals surface area contributed by atoms with E-state index in [4.69, 9.17) is 0 Å². The second kappa shape index (κ2) is 8.12. The SMILES string of the molecule is O=S(=O)(NC1CCCC(n2cnnc2)C1)c1cc(-c2ccsc2)cc(C(F)(F)F)c1. The average molecular weight is 457 g/mol. The van der Waals surface area contributed by atoms with E-state index >= 15 is 0 Å². The second-order valence-electron chi connectivity index (χ2n) is 7.30. The maximum atomic E-state index is 13.4. The van der Waals surface area contributed by atoms with E-state index in [0.717, 1.165) is 18.9 Å². The van der Waals surface area contributed by atoms with Crippen molar-refractivity contribution in [2.75, 3.05) is 0 Å². The molecule has 1 aromatic carbocycles. The molecule has 0 amide bonds. The van der Waals surface area contributed by atoms with E-state index in [9.17, 15) is 21.6 Å². The molecule has 0 bridgehead atoms. The highest BCUT2D eigenvalue weighted by Crippen LogP contribution is 2.36. The third kappa shape index (κ3) is 4.57. The topological polar surface area (TPSA) is 76.9 Å². The van der Waals surface area contributed by atoms with Crippen molar-refractivity contribution in [2.45, 2.75) is 48.8 Å². The highest BCUT2D eigenvalue weighted by atomic mass is 32.2. The van der Waals surface area contributed by atoms with Gasteiger partial charge in [0.2, 0.25) is 10.0 Å². The first-order valence-electron chi connectivity index (χ1n) is 9.34. The van der Waals surface area contributed by atoms with Crippen LogP contribution >= 0.6 is 11.3 Å². The van der Waals surface area contributed by atoms with Gasteiger partial charge in [-0.3, -0.25) is 0 Å². The van der Waals surface area contributed by atoms with Crippen molar-refractivity contribution in [3.05, 3.63) is 53.2 Å². The van der Waals surface area contributed by atoms with Crippen LogP contribution in [0.1, 0.15) is 37.3 Å². The van der Waals surface area contributed by atoms with Crippen molar-refractivity contribution in [3.63, 3.8) is 0 Å². The van der Waals surface area contributed by atoms with Gasteiger partial charge in [0.1, 0.15) is 12.7 Å². The normalized spacial score (nSPS) is 20.4. The first kappa shape index (κ1) is 21.0. The molecule has 2 atom stereocenters. The summed E-state index contributed by atoms with van der Waals surface area (Å²) < 4.78 is 70.7. The summed E-state index contributed by atoms with van der Waals surface area (Å²) >= 11 is 1.33. The highest BCUT2D eigenvalue weighted by molar-refractivity contribution is 7.89. The maximum absolute atomic E-state index is 13.4. The van der Waals surface area contributed by atoms with Crippen molar-refractivity contribution in [1.29, 1.82) is 0 Å². The van der Waals surface area contributed by atoms with Crippen LogP contribution in [0.3, 0.4) is 0 Å². The number of hydrogen-bond donors (Lipinski definition) is 1. The number of benzene rings is 1. The van der Waals surface area contributed by atoms with Crippen LogP contribution in [0.25, 0.3) is 11.1 Å². The number of nitrogens with one attached hydrogen (secondary N) is 1. The lowest BCUT2D eigenvalue weighted by Gasteiger charge is -2.30. The van der Waals surface area contributed by atoms with Crippen molar-refractivity contribution >= 4 is 21.4 Å². The van der Waals surface area contributed by atoms with Gasteiger partial charge in [0, 0.05) is 12.1 Å². The van der Waals surface area contributed by atoms with Gasteiger partial charge >= 0.3 is 6.18 Å². The fraction of sp³-hybridized carbons (Fsp3) is 0.368. The Morgan fingerprint density at radius 3 is 2.53 bits per heavy atom. The number of hydrogen-bond acceptors (Lipinski definition) is 5. The molecule has 1 N–H and O–H groups in total. The summed E-state index contributed by atoms with van der Waals surface area (Å²) in [6, 6.07) is 4.29. The molecule has 30 heavy (non-hydrogen) atoms. The van der Waals surface area contributed by atoms with Crippen LogP contribution in [0, 0.1) is 0 Å². The highest BCUT2D eigenvalue weighted by Gasteiger charge is 2.34. The minimum Gasteiger partial charge on any atom is -0.317 e. The number of halogens is 3. The van der Waals surface area contributed by atoms with Crippen LogP contribution in [0.2, 0.25) is 0 Å². The molecule has 1 aliphatic rings. The van der Waals surface area contributed by atoms with E-state index in [2.05, 4.69) is 14.9 Å². The predicted molar refractivity (Wildman–Crippen MR) is 106 cm³/mol. The van der Waals surface area contributed by atoms with Crippen LogP contribution in [-0.4, -0.2) is 29.2 Å². The van der Waals surface area contributed by atoms with Gasteiger partial charge < -0.3 is 4.57 Å². The molecule has 3 aromatic rings. The Morgan fingerprint density at radius 1 is 1.10 bits per heavy atom. The number of aromatic nitrogens is 3. The number of sulfonamides is 1. The monoisotopic (exact) mass is 456 g/mol. The van der Waals surface area contributed by atoms with Crippen LogP contribution in [-0.2, 0) is 16.2 Å². The lowest BCUT2D eigenvalue weighted by molar-refractivity contribution is -0.137. The third-order valence-electron chi connectivity index (χ3n) is 5.23. The zero-order valence-electron chi connectivity index (χ0n) is 15.7. The number of alkyl halides is 3. The minimum atomic E-state index is -4.65. The van der Waals surface area contributed by atoms with Gasteiger partial charge in [-0.05, 0) is 71.8 Å². The standard InChI is InChI=1S/C19H19F3N4O2S2/c20-19(21,22)15-6-14(13-4-5-29-10-13)7-18(8-15)30(27,28)25-16-2-1-3-17(9-16)26-11-23-24-12-26/h4-8,10-12,16-17,25H,1-3,9H2. The molecule has 2 unspecified atom stereocenters. The Labute approximate surface area is 175 Å². The van der Waals surface area contributed by atoms with Gasteiger partial charge in [-0.1, -0.05) is 0 Å². The van der Waals surface area contributed by atoms with E-state index in [-0.39, 0.29) is 22.5 Å². The molecule has 4 rings (SSSR count). The molecule has 2 aromatic heterocycles. The Kier molecular flexibility index (Phi) is 5.69. The molecular formula is C19H19F3N4O2S2. The zero-order chi connectivity index (χ0) is 21.4. The van der Waals surface area contributed by atoms with Gasteiger partial charge in [0.15, 0.2) is 0 Å². The van der Waals surface area contributed by atoms with Crippen LogP contribution in [0.15, 0.2) is 52.6 Å². The average Bonchev–Trinajstić information content (AvgIpc) is 3.41. The fourth-order valence-corrected chi connectivity index (χ4v) is 5.76. The van der Waals surface area contributed by atoms with E-state index < -0.39 is 21.8 Å². The van der Waals surface area contributed by atoms with E-state index in [0.29, 0.717) is 24.5 Å². The van der Waals surface area contributed by atoms with Crippen molar-refractivity contribution in [1.82, 2.24) is 19.5 Å². The molecular weight excluding hydrogens is 437 g/mol. The summed E-state index contributed by atoms with van der Waals surface area (Å²) in [5.41, 5.74) is -0.220. The van der Waals surface area contributed by atoms with Gasteiger partial charge in [-0.2, -0.15) is 24.5 Å². The van der Waals surface area contributed by atoms with Gasteiger partial charge in [-0.15, -0.1) is 10.2 Å². The largest absolute Gasteiger partial charge is 0.416 e. The Bertz CT molecular complexity index is 1100. The van der Waals surface area contributed by atoms with Crippen LogP contribution < -0.4 is 4.72 Å². The predicted octanol–water partition coefficient (Wildman–Crippen LogP) is 4.49. The number of nitrogens with zero attached hydrogens (tertiary/aromatic N) is 3. The molecule has 6 nitrogen and oxygen atoms in total. The molecule has 0 saturated heterocycles. The zero-order valence-corrected chi connectivity index (χ0v) is 17.3. The van der Waals surface area contributed by atoms with E-state index in [1.54, 1.807) is 29.5 Å². The number of thiophene rings is 1. The molecule has 2 heterocycles. The summed E-state index contributed by atoms with van der Waals surface area (Å²) in [4.78, 5) is -0.384. The van der Waals surface area contributed by atoms with Gasteiger partial charge in [0.25, 0.3) is 0 Å². The van der Waals surface area contributed by atoms with E-state index in [1.807, 2.05) is 4.57 Å². The molecule has 11 heteroatoms. The Balaban J connectivity index is 1.62. The van der Waals surface area contributed by atoms with Crippen molar-refractivity contribution in [3.8, 4) is 11.1 Å². The summed E-state index contributed by atoms with van der Waals surface area (Å²) in [5, 5.41) is 11.0. The first-order valence-corrected chi connectivity index (χ1v) is 11.8. The summed E-state index contributed by atoms with van der Waals surface area (Å²) in [6.07, 6.45) is 1.31. The third-order valence-corrected chi connectivity index (χ3v) is 7.41. The summed E-state index contributed by atoms with van der Waals surface area (Å²) in [6.45, 7) is 0. The molecule has 0 radical (unpaired) electrons. The molecule has 1 saturated carbocycles. The Hall–Kier alpha value is -2.24. The van der Waals surface area contributed by atoms with E-state index in [1.165, 1.54) is 17.4 Å². The smallest absolute Gasteiger partial charge is 0.317 e. The molecule has 0 spiro atoms. The second-order valence-corrected chi connectivity index (χ2v) is 9.80. The molecule has 0 aliphatic heterocycles. The number of rotatable bonds is 5. The molecule has 1 aliphatic carbocycles. The van der Waals surface area contributed by atoms with Crippen molar-refractivity contribution < 1.29 is 21.6 Å². The van der Waals surface area contributed by atoms with Crippen molar-refractivity contribution in [2.24, 2.45) is 0 Å². The molecule has 1 fully saturated rings.